The third kappa shape index (κ3) is 5.16. The second-order valence-corrected chi connectivity index (χ2v) is 8.59. The van der Waals surface area contributed by atoms with Gasteiger partial charge in [-0.05, 0) is 72.9 Å². The van der Waals surface area contributed by atoms with E-state index in [2.05, 4.69) is 48.2 Å². The lowest BCUT2D eigenvalue weighted by atomic mass is 9.85. The van der Waals surface area contributed by atoms with Gasteiger partial charge in [-0.2, -0.15) is 0 Å². The predicted octanol–water partition coefficient (Wildman–Crippen LogP) is 5.71. The number of nitrogens with two attached hydrogens (primary N) is 1. The van der Waals surface area contributed by atoms with Crippen molar-refractivity contribution in [2.75, 3.05) is 25.4 Å². The minimum absolute atomic E-state index is 0.153. The second-order valence-electron chi connectivity index (χ2n) is 8.15. The van der Waals surface area contributed by atoms with Crippen LogP contribution in [0.15, 0.2) is 72.8 Å². The van der Waals surface area contributed by atoms with Crippen LogP contribution in [0.4, 0.5) is 5.69 Å². The van der Waals surface area contributed by atoms with E-state index in [1.165, 1.54) is 16.7 Å². The van der Waals surface area contributed by atoms with Gasteiger partial charge in [0.1, 0.15) is 11.9 Å². The quantitative estimate of drug-likeness (QED) is 0.519. The van der Waals surface area contributed by atoms with Gasteiger partial charge in [0.15, 0.2) is 0 Å². The largest absolute Gasteiger partial charge is 0.490 e. The van der Waals surface area contributed by atoms with Gasteiger partial charge in [0, 0.05) is 36.3 Å². The average Bonchev–Trinajstić information content (AvgIpc) is 2.76. The molecule has 30 heavy (non-hydrogen) atoms. The van der Waals surface area contributed by atoms with Crippen LogP contribution in [0.5, 0.6) is 5.75 Å². The van der Waals surface area contributed by atoms with Crippen molar-refractivity contribution >= 4 is 17.3 Å². The minimum atomic E-state index is 0.153. The Morgan fingerprint density at radius 3 is 2.47 bits per heavy atom. The molecule has 1 saturated heterocycles. The fourth-order valence-electron chi connectivity index (χ4n) is 4.30. The van der Waals surface area contributed by atoms with E-state index in [4.69, 9.17) is 22.1 Å². The third-order valence-corrected chi connectivity index (χ3v) is 6.27. The molecule has 1 fully saturated rings. The Morgan fingerprint density at radius 2 is 1.73 bits per heavy atom. The Hall–Kier alpha value is -2.49. The molecule has 2 unspecified atom stereocenters. The molecule has 3 aromatic carbocycles. The summed E-state index contributed by atoms with van der Waals surface area (Å²) < 4.78 is 6.46. The molecule has 0 spiro atoms. The highest BCUT2D eigenvalue weighted by Crippen LogP contribution is 2.33. The molecule has 0 saturated carbocycles. The molecule has 1 heterocycles. The van der Waals surface area contributed by atoms with Gasteiger partial charge < -0.3 is 15.4 Å². The third-order valence-electron chi connectivity index (χ3n) is 6.02. The van der Waals surface area contributed by atoms with Crippen LogP contribution in [-0.4, -0.2) is 30.6 Å². The Labute approximate surface area is 184 Å². The Bertz CT molecular complexity index is 956. The molecule has 0 aromatic heterocycles. The van der Waals surface area contributed by atoms with Gasteiger partial charge in [-0.1, -0.05) is 48.0 Å². The average molecular weight is 421 g/mol. The normalized spacial score (nSPS) is 19.5. The molecule has 1 aliphatic rings. The molecule has 3 aromatic rings. The van der Waals surface area contributed by atoms with Gasteiger partial charge in [-0.3, -0.25) is 0 Å². The molecular formula is C26H29ClN2O. The van der Waals surface area contributed by atoms with E-state index in [-0.39, 0.29) is 6.10 Å². The standard InChI is InChI=1S/C26H29ClN2O/c1-19-4-2-3-5-24(19)25-18-29(16-14-20-6-10-22(28)11-7-20)17-15-26(25)30-23-12-8-21(27)9-13-23/h2-13,25-26H,14-18,28H2,1H3. The monoisotopic (exact) mass is 420 g/mol. The fraction of sp³-hybridized carbons (Fsp3) is 0.308. The predicted molar refractivity (Wildman–Crippen MR) is 125 cm³/mol. The van der Waals surface area contributed by atoms with Crippen molar-refractivity contribution in [3.63, 3.8) is 0 Å². The van der Waals surface area contributed by atoms with Gasteiger partial charge in [0.05, 0.1) is 0 Å². The number of likely N-dealkylation sites (tertiary alicyclic amines) is 1. The van der Waals surface area contributed by atoms with Crippen molar-refractivity contribution < 1.29 is 4.74 Å². The summed E-state index contributed by atoms with van der Waals surface area (Å²) in [5.74, 6) is 1.22. The van der Waals surface area contributed by atoms with Crippen LogP contribution in [0.25, 0.3) is 0 Å². The molecule has 4 rings (SSSR count). The zero-order valence-electron chi connectivity index (χ0n) is 17.4. The molecular weight excluding hydrogens is 392 g/mol. The van der Waals surface area contributed by atoms with Crippen LogP contribution < -0.4 is 10.5 Å². The summed E-state index contributed by atoms with van der Waals surface area (Å²) in [5.41, 5.74) is 10.7. The Balaban J connectivity index is 1.48. The summed E-state index contributed by atoms with van der Waals surface area (Å²) in [7, 11) is 0. The molecule has 0 aliphatic carbocycles. The van der Waals surface area contributed by atoms with Crippen molar-refractivity contribution in [2.24, 2.45) is 0 Å². The molecule has 1 aliphatic heterocycles. The Morgan fingerprint density at radius 1 is 1.00 bits per heavy atom. The highest BCUT2D eigenvalue weighted by molar-refractivity contribution is 6.30. The Kier molecular flexibility index (Phi) is 6.61. The number of anilines is 1. The summed E-state index contributed by atoms with van der Waals surface area (Å²) in [5, 5.41) is 0.732. The van der Waals surface area contributed by atoms with E-state index in [9.17, 15) is 0 Å². The van der Waals surface area contributed by atoms with Crippen molar-refractivity contribution in [2.45, 2.75) is 31.8 Å². The van der Waals surface area contributed by atoms with Crippen LogP contribution in [-0.2, 0) is 6.42 Å². The van der Waals surface area contributed by atoms with Crippen LogP contribution in [0.3, 0.4) is 0 Å². The maximum atomic E-state index is 6.46. The van der Waals surface area contributed by atoms with Gasteiger partial charge in [-0.25, -0.2) is 0 Å². The summed E-state index contributed by atoms with van der Waals surface area (Å²) in [6.45, 7) is 5.27. The summed E-state index contributed by atoms with van der Waals surface area (Å²) in [6, 6.07) is 24.6. The van der Waals surface area contributed by atoms with Gasteiger partial charge in [-0.15, -0.1) is 0 Å². The summed E-state index contributed by atoms with van der Waals surface area (Å²) in [6.07, 6.45) is 2.19. The van der Waals surface area contributed by atoms with Gasteiger partial charge >= 0.3 is 0 Å². The lowest BCUT2D eigenvalue weighted by Crippen LogP contribution is -2.45. The first-order valence-electron chi connectivity index (χ1n) is 10.6. The summed E-state index contributed by atoms with van der Waals surface area (Å²) in [4.78, 5) is 2.56. The first-order chi connectivity index (χ1) is 14.6. The maximum absolute atomic E-state index is 6.46. The first kappa shape index (κ1) is 20.8. The molecule has 2 atom stereocenters. The zero-order valence-corrected chi connectivity index (χ0v) is 18.2. The van der Waals surface area contributed by atoms with Crippen molar-refractivity contribution in [3.05, 3.63) is 94.5 Å². The number of halogens is 1. The minimum Gasteiger partial charge on any atom is -0.490 e. The van der Waals surface area contributed by atoms with Crippen molar-refractivity contribution in [1.29, 1.82) is 0 Å². The van der Waals surface area contributed by atoms with Crippen LogP contribution in [0.1, 0.15) is 29.0 Å². The van der Waals surface area contributed by atoms with Gasteiger partial charge in [0.25, 0.3) is 0 Å². The highest BCUT2D eigenvalue weighted by atomic mass is 35.5. The number of rotatable bonds is 6. The lowest BCUT2D eigenvalue weighted by molar-refractivity contribution is 0.0781. The van der Waals surface area contributed by atoms with Crippen molar-refractivity contribution in [3.8, 4) is 5.75 Å². The smallest absolute Gasteiger partial charge is 0.119 e. The number of piperidine rings is 1. The fourth-order valence-corrected chi connectivity index (χ4v) is 4.43. The van der Waals surface area contributed by atoms with E-state index in [0.717, 1.165) is 48.9 Å². The maximum Gasteiger partial charge on any atom is 0.119 e. The number of ether oxygens (including phenoxy) is 1. The number of aryl methyl sites for hydroxylation is 1. The van der Waals surface area contributed by atoms with E-state index >= 15 is 0 Å². The number of hydrogen-bond donors (Lipinski definition) is 1. The molecule has 0 bridgehead atoms. The zero-order chi connectivity index (χ0) is 20.9. The van der Waals surface area contributed by atoms with E-state index in [0.29, 0.717) is 5.92 Å². The van der Waals surface area contributed by atoms with Crippen molar-refractivity contribution in [1.82, 2.24) is 4.90 Å². The summed E-state index contributed by atoms with van der Waals surface area (Å²) >= 11 is 6.04. The molecule has 2 N–H and O–H groups in total. The SMILES string of the molecule is Cc1ccccc1C1CN(CCc2ccc(N)cc2)CCC1Oc1ccc(Cl)cc1. The van der Waals surface area contributed by atoms with E-state index < -0.39 is 0 Å². The van der Waals surface area contributed by atoms with Crippen LogP contribution >= 0.6 is 11.6 Å². The topological polar surface area (TPSA) is 38.5 Å². The van der Waals surface area contributed by atoms with Crippen LogP contribution in [0.2, 0.25) is 5.02 Å². The van der Waals surface area contributed by atoms with Gasteiger partial charge in [0.2, 0.25) is 0 Å². The number of nitrogens with zero attached hydrogens (tertiary/aromatic N) is 1. The number of nitrogen functional groups attached to an aromatic ring is 1. The first-order valence-corrected chi connectivity index (χ1v) is 11.0. The second kappa shape index (κ2) is 9.55. The molecule has 0 radical (unpaired) electrons. The number of benzene rings is 3. The van der Waals surface area contributed by atoms with Crippen LogP contribution in [0, 0.1) is 6.92 Å². The van der Waals surface area contributed by atoms with E-state index in [1.54, 1.807) is 0 Å². The lowest BCUT2D eigenvalue weighted by Gasteiger charge is -2.39. The molecule has 156 valence electrons. The molecule has 3 nitrogen and oxygen atoms in total. The number of hydrogen-bond acceptors (Lipinski definition) is 3. The molecule has 4 heteroatoms. The highest BCUT2D eigenvalue weighted by Gasteiger charge is 2.32. The van der Waals surface area contributed by atoms with E-state index in [1.807, 2.05) is 36.4 Å². The molecule has 0 amide bonds.